The lowest BCUT2D eigenvalue weighted by atomic mass is 9.86. The Hall–Kier alpha value is -4.27. The van der Waals surface area contributed by atoms with Crippen LogP contribution in [-0.2, 0) is 6.54 Å². The minimum atomic E-state index is -4.66. The molecule has 4 aromatic rings. The van der Waals surface area contributed by atoms with E-state index in [-0.39, 0.29) is 52.5 Å². The van der Waals surface area contributed by atoms with Crippen LogP contribution in [0.1, 0.15) is 17.5 Å². The predicted molar refractivity (Wildman–Crippen MR) is 143 cm³/mol. The average Bonchev–Trinajstić information content (AvgIpc) is 3.34. The zero-order chi connectivity index (χ0) is 28.5. The molecule has 7 nitrogen and oxygen atoms in total. The number of fused-ring (bicyclic) bond motifs is 1. The summed E-state index contributed by atoms with van der Waals surface area (Å²) in [4.78, 5) is 21.0. The standard InChI is InChI=1S/C28H20ClF4N5O2/c29-21-7-4-8-22(25(21)30)36-26-20-14-24(38(39)40)19(13-23(20)34-17-35-26)9-10-27(28(31,32)33)11-12-37(16-27)15-18-5-2-1-3-6-18/h1-8,13-14,17H,11-12,15-16H2,(H,34,35,36). The van der Waals surface area contributed by atoms with Gasteiger partial charge in [-0.15, -0.1) is 0 Å². The maximum Gasteiger partial charge on any atom is 0.406 e. The molecule has 3 aromatic carbocycles. The van der Waals surface area contributed by atoms with Crippen molar-refractivity contribution >= 4 is 39.7 Å². The smallest absolute Gasteiger partial charge is 0.337 e. The molecule has 1 aliphatic rings. The molecule has 1 aliphatic heterocycles. The summed E-state index contributed by atoms with van der Waals surface area (Å²) >= 11 is 5.83. The molecule has 40 heavy (non-hydrogen) atoms. The number of nitro groups is 1. The van der Waals surface area contributed by atoms with Crippen LogP contribution in [0.25, 0.3) is 10.9 Å². The fourth-order valence-corrected chi connectivity index (χ4v) is 4.80. The van der Waals surface area contributed by atoms with Crippen LogP contribution < -0.4 is 5.32 Å². The van der Waals surface area contributed by atoms with Gasteiger partial charge in [-0.05, 0) is 30.2 Å². The molecule has 0 amide bonds. The van der Waals surface area contributed by atoms with Crippen molar-refractivity contribution in [1.82, 2.24) is 14.9 Å². The first-order valence-electron chi connectivity index (χ1n) is 12.1. The Bertz CT molecular complexity index is 1660. The lowest BCUT2D eigenvalue weighted by Gasteiger charge is -2.26. The van der Waals surface area contributed by atoms with Gasteiger partial charge in [0, 0.05) is 31.1 Å². The summed E-state index contributed by atoms with van der Waals surface area (Å²) in [5, 5.41) is 14.7. The molecule has 0 saturated carbocycles. The van der Waals surface area contributed by atoms with Gasteiger partial charge in [0.15, 0.2) is 5.82 Å². The minimum Gasteiger partial charge on any atom is -0.337 e. The Morgan fingerprint density at radius 3 is 2.62 bits per heavy atom. The summed E-state index contributed by atoms with van der Waals surface area (Å²) in [7, 11) is 0. The van der Waals surface area contributed by atoms with Crippen molar-refractivity contribution in [3.63, 3.8) is 0 Å². The molecule has 1 N–H and O–H groups in total. The van der Waals surface area contributed by atoms with Crippen LogP contribution in [0.2, 0.25) is 5.02 Å². The van der Waals surface area contributed by atoms with Crippen molar-refractivity contribution in [1.29, 1.82) is 0 Å². The zero-order valence-electron chi connectivity index (χ0n) is 20.7. The van der Waals surface area contributed by atoms with Crippen molar-refractivity contribution in [3.8, 4) is 11.8 Å². The Balaban J connectivity index is 1.52. The van der Waals surface area contributed by atoms with Crippen molar-refractivity contribution < 1.29 is 22.5 Å². The number of rotatable bonds is 5. The molecule has 204 valence electrons. The number of aromatic nitrogens is 2. The van der Waals surface area contributed by atoms with E-state index in [0.717, 1.165) is 18.0 Å². The first-order chi connectivity index (χ1) is 19.1. The first kappa shape index (κ1) is 27.3. The van der Waals surface area contributed by atoms with E-state index >= 15 is 0 Å². The molecule has 0 aliphatic carbocycles. The molecule has 0 radical (unpaired) electrons. The van der Waals surface area contributed by atoms with Gasteiger partial charge in [-0.3, -0.25) is 15.0 Å². The van der Waals surface area contributed by atoms with Crippen LogP contribution in [0, 0.1) is 33.2 Å². The Kier molecular flexibility index (Phi) is 7.31. The number of halogens is 5. The number of anilines is 2. The van der Waals surface area contributed by atoms with Gasteiger partial charge < -0.3 is 5.32 Å². The molecule has 0 spiro atoms. The number of nitrogens with one attached hydrogen (secondary N) is 1. The SMILES string of the molecule is O=[N+]([O-])c1cc2c(Nc3cccc(Cl)c3F)ncnc2cc1C#CC1(C(F)(F)F)CCN(Cc2ccccc2)C1. The quantitative estimate of drug-likeness (QED) is 0.122. The summed E-state index contributed by atoms with van der Waals surface area (Å²) in [6, 6.07) is 15.8. The van der Waals surface area contributed by atoms with Crippen molar-refractivity contribution in [2.24, 2.45) is 5.41 Å². The number of likely N-dealkylation sites (tertiary alicyclic amines) is 1. The fraction of sp³-hybridized carbons (Fsp3) is 0.214. The average molecular weight is 570 g/mol. The van der Waals surface area contributed by atoms with E-state index in [1.54, 1.807) is 4.90 Å². The highest BCUT2D eigenvalue weighted by Crippen LogP contribution is 2.45. The van der Waals surface area contributed by atoms with Gasteiger partial charge in [0.1, 0.15) is 23.1 Å². The third-order valence-electron chi connectivity index (χ3n) is 6.73. The third-order valence-corrected chi connectivity index (χ3v) is 7.02. The summed E-state index contributed by atoms with van der Waals surface area (Å²) < 4.78 is 57.4. The van der Waals surface area contributed by atoms with Gasteiger partial charge in [-0.1, -0.05) is 59.8 Å². The van der Waals surface area contributed by atoms with E-state index in [9.17, 15) is 27.7 Å². The minimum absolute atomic E-state index is 0.0209. The molecule has 1 saturated heterocycles. The van der Waals surface area contributed by atoms with E-state index in [4.69, 9.17) is 11.6 Å². The first-order valence-corrected chi connectivity index (χ1v) is 12.4. The third kappa shape index (κ3) is 5.41. The van der Waals surface area contributed by atoms with Crippen molar-refractivity contribution in [3.05, 3.63) is 99.1 Å². The maximum atomic E-state index is 14.4. The predicted octanol–water partition coefficient (Wildman–Crippen LogP) is 6.88. The lowest BCUT2D eigenvalue weighted by Crippen LogP contribution is -2.39. The second-order valence-corrected chi connectivity index (χ2v) is 9.78. The molecule has 1 fully saturated rings. The summed E-state index contributed by atoms with van der Waals surface area (Å²) in [5.41, 5.74) is -2.07. The van der Waals surface area contributed by atoms with E-state index in [0.29, 0.717) is 6.54 Å². The van der Waals surface area contributed by atoms with E-state index in [1.165, 1.54) is 24.3 Å². The van der Waals surface area contributed by atoms with E-state index in [2.05, 4.69) is 27.1 Å². The number of hydrogen-bond acceptors (Lipinski definition) is 6. The van der Waals surface area contributed by atoms with Crippen molar-refractivity contribution in [2.75, 3.05) is 18.4 Å². The fourth-order valence-electron chi connectivity index (χ4n) is 4.63. The molecular formula is C28H20ClF4N5O2. The normalized spacial score (nSPS) is 17.4. The van der Waals surface area contributed by atoms with Crippen LogP contribution in [-0.4, -0.2) is 39.1 Å². The van der Waals surface area contributed by atoms with Crippen LogP contribution in [0.15, 0.2) is 67.0 Å². The molecule has 5 rings (SSSR count). The molecule has 0 bridgehead atoms. The zero-order valence-corrected chi connectivity index (χ0v) is 21.4. The second kappa shape index (κ2) is 10.7. The number of nitro benzene ring substituents is 1. The van der Waals surface area contributed by atoms with E-state index in [1.807, 2.05) is 30.3 Å². The number of nitrogens with zero attached hydrogens (tertiary/aromatic N) is 4. The van der Waals surface area contributed by atoms with Crippen LogP contribution in [0.3, 0.4) is 0 Å². The van der Waals surface area contributed by atoms with Crippen LogP contribution in [0.4, 0.5) is 34.8 Å². The molecule has 2 heterocycles. The Morgan fingerprint density at radius 1 is 1.12 bits per heavy atom. The number of benzene rings is 3. The van der Waals surface area contributed by atoms with Gasteiger partial charge in [0.2, 0.25) is 0 Å². The summed E-state index contributed by atoms with van der Waals surface area (Å²) in [5.74, 6) is 4.10. The van der Waals surface area contributed by atoms with Gasteiger partial charge in [-0.25, -0.2) is 14.4 Å². The monoisotopic (exact) mass is 569 g/mol. The summed E-state index contributed by atoms with van der Waals surface area (Å²) in [6.45, 7) is 0.142. The van der Waals surface area contributed by atoms with Gasteiger partial charge in [0.25, 0.3) is 5.69 Å². The molecular weight excluding hydrogens is 550 g/mol. The summed E-state index contributed by atoms with van der Waals surface area (Å²) in [6.07, 6.45) is -3.78. The van der Waals surface area contributed by atoms with Gasteiger partial charge >= 0.3 is 6.18 Å². The van der Waals surface area contributed by atoms with Gasteiger partial charge in [-0.2, -0.15) is 13.2 Å². The second-order valence-electron chi connectivity index (χ2n) is 9.37. The maximum absolute atomic E-state index is 14.4. The number of alkyl halides is 3. The van der Waals surface area contributed by atoms with Gasteiger partial charge in [0.05, 0.1) is 21.2 Å². The molecule has 12 heteroatoms. The highest BCUT2D eigenvalue weighted by molar-refractivity contribution is 6.31. The molecule has 1 unspecified atom stereocenters. The van der Waals surface area contributed by atoms with Crippen LogP contribution in [0.5, 0.6) is 0 Å². The highest BCUT2D eigenvalue weighted by Gasteiger charge is 2.57. The topological polar surface area (TPSA) is 84.2 Å². The Labute approximate surface area is 231 Å². The van der Waals surface area contributed by atoms with E-state index < -0.39 is 28.0 Å². The molecule has 1 aromatic heterocycles. The number of hydrogen-bond donors (Lipinski definition) is 1. The Morgan fingerprint density at radius 2 is 1.90 bits per heavy atom. The highest BCUT2D eigenvalue weighted by atomic mass is 35.5. The van der Waals surface area contributed by atoms with Crippen LogP contribution >= 0.6 is 11.6 Å². The van der Waals surface area contributed by atoms with Crippen molar-refractivity contribution in [2.45, 2.75) is 19.1 Å². The lowest BCUT2D eigenvalue weighted by molar-refractivity contribution is -0.385. The molecule has 1 atom stereocenters. The largest absolute Gasteiger partial charge is 0.406 e.